The Bertz CT molecular complexity index is 521. The molecule has 0 fully saturated rings. The molecule has 0 saturated heterocycles. The standard InChI is InChI=1S/C16H19BrN2/c1-19(2)16-8-6-13(7-9-16)11-18-12-14-4-3-5-15(17)10-14/h3-10,18H,11-12H2,1-2H3. The van der Waals surface area contributed by atoms with Gasteiger partial charge in [0.15, 0.2) is 0 Å². The van der Waals surface area contributed by atoms with Gasteiger partial charge in [-0.1, -0.05) is 40.2 Å². The van der Waals surface area contributed by atoms with Crippen LogP contribution in [0.15, 0.2) is 53.0 Å². The van der Waals surface area contributed by atoms with E-state index in [4.69, 9.17) is 0 Å². The van der Waals surface area contributed by atoms with E-state index in [1.807, 2.05) is 6.07 Å². The molecule has 0 aliphatic heterocycles. The van der Waals surface area contributed by atoms with Crippen molar-refractivity contribution in [2.45, 2.75) is 13.1 Å². The van der Waals surface area contributed by atoms with Gasteiger partial charge >= 0.3 is 0 Å². The lowest BCUT2D eigenvalue weighted by molar-refractivity contribution is 0.693. The number of rotatable bonds is 5. The predicted molar refractivity (Wildman–Crippen MR) is 85.5 cm³/mol. The maximum absolute atomic E-state index is 3.49. The maximum Gasteiger partial charge on any atom is 0.0361 e. The van der Waals surface area contributed by atoms with Gasteiger partial charge in [-0.25, -0.2) is 0 Å². The number of benzene rings is 2. The molecule has 0 spiro atoms. The van der Waals surface area contributed by atoms with Crippen molar-refractivity contribution < 1.29 is 0 Å². The lowest BCUT2D eigenvalue weighted by atomic mass is 10.2. The largest absolute Gasteiger partial charge is 0.378 e. The van der Waals surface area contributed by atoms with E-state index in [9.17, 15) is 0 Å². The fourth-order valence-electron chi connectivity index (χ4n) is 1.91. The topological polar surface area (TPSA) is 15.3 Å². The number of hydrogen-bond donors (Lipinski definition) is 1. The molecule has 100 valence electrons. The highest BCUT2D eigenvalue weighted by Gasteiger charge is 1.97. The smallest absolute Gasteiger partial charge is 0.0361 e. The Morgan fingerprint density at radius 1 is 0.947 bits per heavy atom. The predicted octanol–water partition coefficient (Wildman–Crippen LogP) is 3.80. The van der Waals surface area contributed by atoms with Gasteiger partial charge in [-0.05, 0) is 35.4 Å². The van der Waals surface area contributed by atoms with Gasteiger partial charge in [0, 0.05) is 37.3 Å². The third-order valence-electron chi connectivity index (χ3n) is 3.00. The summed E-state index contributed by atoms with van der Waals surface area (Å²) < 4.78 is 1.13. The number of halogens is 1. The van der Waals surface area contributed by atoms with Gasteiger partial charge in [0.05, 0.1) is 0 Å². The van der Waals surface area contributed by atoms with Crippen LogP contribution in [0.5, 0.6) is 0 Å². The molecule has 0 unspecified atom stereocenters. The highest BCUT2D eigenvalue weighted by molar-refractivity contribution is 9.10. The summed E-state index contributed by atoms with van der Waals surface area (Å²) in [5.74, 6) is 0. The molecule has 0 saturated carbocycles. The second-order valence-electron chi connectivity index (χ2n) is 4.79. The average molecular weight is 319 g/mol. The van der Waals surface area contributed by atoms with Crippen LogP contribution in [0, 0.1) is 0 Å². The van der Waals surface area contributed by atoms with Gasteiger partial charge in [-0.15, -0.1) is 0 Å². The molecule has 0 aromatic heterocycles. The van der Waals surface area contributed by atoms with Gasteiger partial charge in [0.1, 0.15) is 0 Å². The Kier molecular flexibility index (Phi) is 5.00. The molecule has 0 amide bonds. The monoisotopic (exact) mass is 318 g/mol. The highest BCUT2D eigenvalue weighted by atomic mass is 79.9. The third-order valence-corrected chi connectivity index (χ3v) is 3.49. The van der Waals surface area contributed by atoms with Crippen LogP contribution < -0.4 is 10.2 Å². The van der Waals surface area contributed by atoms with E-state index in [1.54, 1.807) is 0 Å². The van der Waals surface area contributed by atoms with Crippen molar-refractivity contribution in [1.29, 1.82) is 0 Å². The number of nitrogens with zero attached hydrogens (tertiary/aromatic N) is 1. The first-order chi connectivity index (χ1) is 9.15. The molecule has 2 aromatic rings. The summed E-state index contributed by atoms with van der Waals surface area (Å²) in [5.41, 5.74) is 3.83. The highest BCUT2D eigenvalue weighted by Crippen LogP contribution is 2.13. The van der Waals surface area contributed by atoms with Crippen LogP contribution in [0.4, 0.5) is 5.69 Å². The van der Waals surface area contributed by atoms with Crippen molar-refractivity contribution in [2.75, 3.05) is 19.0 Å². The van der Waals surface area contributed by atoms with E-state index in [0.717, 1.165) is 17.6 Å². The molecule has 0 heterocycles. The van der Waals surface area contributed by atoms with E-state index in [1.165, 1.54) is 16.8 Å². The quantitative estimate of drug-likeness (QED) is 0.902. The molecule has 0 bridgehead atoms. The molecule has 0 atom stereocenters. The zero-order chi connectivity index (χ0) is 13.7. The minimum Gasteiger partial charge on any atom is -0.378 e. The number of nitrogens with one attached hydrogen (secondary N) is 1. The van der Waals surface area contributed by atoms with Gasteiger partial charge < -0.3 is 10.2 Å². The Hall–Kier alpha value is -1.32. The van der Waals surface area contributed by atoms with Crippen LogP contribution in [0.3, 0.4) is 0 Å². The van der Waals surface area contributed by atoms with Gasteiger partial charge in [-0.3, -0.25) is 0 Å². The van der Waals surface area contributed by atoms with Crippen LogP contribution in [0.25, 0.3) is 0 Å². The van der Waals surface area contributed by atoms with Crippen LogP contribution >= 0.6 is 15.9 Å². The van der Waals surface area contributed by atoms with E-state index in [-0.39, 0.29) is 0 Å². The molecule has 3 heteroatoms. The van der Waals surface area contributed by atoms with Crippen molar-refractivity contribution in [3.63, 3.8) is 0 Å². The van der Waals surface area contributed by atoms with E-state index in [0.29, 0.717) is 0 Å². The summed E-state index contributed by atoms with van der Waals surface area (Å²) in [6, 6.07) is 17.0. The number of hydrogen-bond acceptors (Lipinski definition) is 2. The molecular weight excluding hydrogens is 300 g/mol. The van der Waals surface area contributed by atoms with Crippen LogP contribution in [0.2, 0.25) is 0 Å². The molecule has 19 heavy (non-hydrogen) atoms. The summed E-state index contributed by atoms with van der Waals surface area (Å²) in [6.45, 7) is 1.77. The summed E-state index contributed by atoms with van der Waals surface area (Å²) in [4.78, 5) is 2.11. The maximum atomic E-state index is 3.49. The van der Waals surface area contributed by atoms with Gasteiger partial charge in [-0.2, -0.15) is 0 Å². The van der Waals surface area contributed by atoms with Gasteiger partial charge in [0.2, 0.25) is 0 Å². The fourth-order valence-corrected chi connectivity index (χ4v) is 2.36. The second kappa shape index (κ2) is 6.73. The van der Waals surface area contributed by atoms with E-state index >= 15 is 0 Å². The van der Waals surface area contributed by atoms with E-state index < -0.39 is 0 Å². The molecule has 2 aromatic carbocycles. The van der Waals surface area contributed by atoms with Crippen molar-refractivity contribution in [2.24, 2.45) is 0 Å². The molecule has 2 rings (SSSR count). The van der Waals surface area contributed by atoms with Crippen LogP contribution in [-0.2, 0) is 13.1 Å². The minimum absolute atomic E-state index is 0.884. The minimum atomic E-state index is 0.884. The summed E-state index contributed by atoms with van der Waals surface area (Å²) in [7, 11) is 4.11. The lowest BCUT2D eigenvalue weighted by Gasteiger charge is -2.13. The van der Waals surface area contributed by atoms with Crippen molar-refractivity contribution in [1.82, 2.24) is 5.32 Å². The third kappa shape index (κ3) is 4.37. The SMILES string of the molecule is CN(C)c1ccc(CNCc2cccc(Br)c2)cc1. The molecule has 2 nitrogen and oxygen atoms in total. The Labute approximate surface area is 123 Å². The Morgan fingerprint density at radius 2 is 1.63 bits per heavy atom. The Morgan fingerprint density at radius 3 is 2.26 bits per heavy atom. The molecular formula is C16H19BrN2. The summed E-state index contributed by atoms with van der Waals surface area (Å²) in [5, 5.41) is 3.46. The van der Waals surface area contributed by atoms with E-state index in [2.05, 4.69) is 82.7 Å². The summed E-state index contributed by atoms with van der Waals surface area (Å²) >= 11 is 3.49. The lowest BCUT2D eigenvalue weighted by Crippen LogP contribution is -2.13. The first-order valence-electron chi connectivity index (χ1n) is 6.36. The average Bonchev–Trinajstić information content (AvgIpc) is 2.39. The molecule has 0 aliphatic carbocycles. The van der Waals surface area contributed by atoms with Crippen molar-refractivity contribution >= 4 is 21.6 Å². The number of anilines is 1. The first-order valence-corrected chi connectivity index (χ1v) is 7.16. The first kappa shape index (κ1) is 14.1. The van der Waals surface area contributed by atoms with Crippen molar-refractivity contribution in [3.8, 4) is 0 Å². The van der Waals surface area contributed by atoms with Gasteiger partial charge in [0.25, 0.3) is 0 Å². The summed E-state index contributed by atoms with van der Waals surface area (Å²) in [6.07, 6.45) is 0. The molecule has 0 radical (unpaired) electrons. The van der Waals surface area contributed by atoms with Crippen LogP contribution in [0.1, 0.15) is 11.1 Å². The fraction of sp³-hybridized carbons (Fsp3) is 0.250. The molecule has 1 N–H and O–H groups in total. The zero-order valence-corrected chi connectivity index (χ0v) is 12.9. The van der Waals surface area contributed by atoms with Crippen molar-refractivity contribution in [3.05, 3.63) is 64.1 Å². The van der Waals surface area contributed by atoms with Crippen LogP contribution in [-0.4, -0.2) is 14.1 Å². The Balaban J connectivity index is 1.85. The molecule has 0 aliphatic rings. The second-order valence-corrected chi connectivity index (χ2v) is 5.71. The zero-order valence-electron chi connectivity index (χ0n) is 11.4. The normalized spacial score (nSPS) is 10.5.